The number of aromatic nitrogens is 2. The van der Waals surface area contributed by atoms with Crippen molar-refractivity contribution in [2.75, 3.05) is 24.5 Å². The van der Waals surface area contributed by atoms with E-state index in [1.54, 1.807) is 6.20 Å². The van der Waals surface area contributed by atoms with Crippen LogP contribution in [-0.4, -0.2) is 35.5 Å². The molecule has 0 aliphatic carbocycles. The Balaban J connectivity index is 2.08. The monoisotopic (exact) mass is 312 g/mol. The first-order chi connectivity index (χ1) is 10.2. The van der Waals surface area contributed by atoms with Gasteiger partial charge in [-0.3, -0.25) is 4.79 Å². The van der Waals surface area contributed by atoms with Crippen LogP contribution in [0.2, 0.25) is 5.02 Å². The van der Waals surface area contributed by atoms with E-state index in [9.17, 15) is 4.79 Å². The minimum Gasteiger partial charge on any atom is -0.369 e. The summed E-state index contributed by atoms with van der Waals surface area (Å²) >= 11 is 6.28. The number of nitrogens with one attached hydrogen (secondary N) is 1. The molecular formula is C15H25ClN4O. The molecule has 1 fully saturated rings. The molecule has 118 valence electrons. The molecule has 1 N–H and O–H groups in total. The summed E-state index contributed by atoms with van der Waals surface area (Å²) in [5.74, 6) is 0. The number of hydrogen-bond acceptors (Lipinski definition) is 4. The van der Waals surface area contributed by atoms with Crippen LogP contribution in [0.5, 0.6) is 0 Å². The maximum atomic E-state index is 12.2. The zero-order valence-corrected chi connectivity index (χ0v) is 13.7. The van der Waals surface area contributed by atoms with E-state index >= 15 is 0 Å². The van der Waals surface area contributed by atoms with Crippen molar-refractivity contribution in [3.05, 3.63) is 21.6 Å². The number of halogens is 1. The largest absolute Gasteiger partial charge is 0.369 e. The molecule has 0 amide bonds. The predicted octanol–water partition coefficient (Wildman–Crippen LogP) is 2.28. The maximum Gasteiger partial charge on any atom is 0.287 e. The van der Waals surface area contributed by atoms with Crippen molar-refractivity contribution >= 4 is 17.3 Å². The van der Waals surface area contributed by atoms with Gasteiger partial charge in [-0.1, -0.05) is 31.9 Å². The Labute approximate surface area is 131 Å². The lowest BCUT2D eigenvalue weighted by molar-refractivity contribution is 0.423. The Hall–Kier alpha value is -1.07. The topological polar surface area (TPSA) is 50.2 Å². The fourth-order valence-electron chi connectivity index (χ4n) is 2.76. The molecule has 1 aliphatic heterocycles. The summed E-state index contributed by atoms with van der Waals surface area (Å²) in [6.07, 6.45) is 5.86. The molecule has 0 saturated carbocycles. The first-order valence-corrected chi connectivity index (χ1v) is 8.29. The first kappa shape index (κ1) is 16.3. The molecule has 0 aromatic carbocycles. The summed E-state index contributed by atoms with van der Waals surface area (Å²) in [6, 6.07) is 0.572. The van der Waals surface area contributed by atoms with Gasteiger partial charge in [-0.25, -0.2) is 4.68 Å². The average molecular weight is 313 g/mol. The smallest absolute Gasteiger partial charge is 0.287 e. The van der Waals surface area contributed by atoms with Crippen molar-refractivity contribution in [1.82, 2.24) is 15.1 Å². The van der Waals surface area contributed by atoms with Crippen molar-refractivity contribution in [1.29, 1.82) is 0 Å². The molecule has 5 nitrogen and oxygen atoms in total. The normalized spacial score (nSPS) is 16.4. The molecule has 2 heterocycles. The minimum atomic E-state index is -0.170. The summed E-state index contributed by atoms with van der Waals surface area (Å²) in [4.78, 5) is 14.4. The van der Waals surface area contributed by atoms with Crippen LogP contribution in [0.3, 0.4) is 0 Å². The Morgan fingerprint density at radius 1 is 1.38 bits per heavy atom. The SMILES string of the molecule is CCCCn1ncc(N2CCC(NCC)CC2)c(Cl)c1=O. The van der Waals surface area contributed by atoms with Crippen LogP contribution in [0.4, 0.5) is 5.69 Å². The highest BCUT2D eigenvalue weighted by molar-refractivity contribution is 6.33. The lowest BCUT2D eigenvalue weighted by atomic mass is 10.0. The number of nitrogens with zero attached hydrogens (tertiary/aromatic N) is 3. The van der Waals surface area contributed by atoms with Gasteiger partial charge >= 0.3 is 0 Å². The number of rotatable bonds is 6. The van der Waals surface area contributed by atoms with E-state index in [-0.39, 0.29) is 5.56 Å². The summed E-state index contributed by atoms with van der Waals surface area (Å²) in [6.45, 7) is 7.69. The molecule has 1 aromatic rings. The van der Waals surface area contributed by atoms with Gasteiger partial charge in [0.1, 0.15) is 5.02 Å². The maximum absolute atomic E-state index is 12.2. The fourth-order valence-corrected chi connectivity index (χ4v) is 3.02. The van der Waals surface area contributed by atoms with E-state index in [1.807, 2.05) is 0 Å². The van der Waals surface area contributed by atoms with Crippen LogP contribution in [0, 0.1) is 0 Å². The molecule has 1 aliphatic rings. The number of anilines is 1. The molecule has 0 bridgehead atoms. The number of hydrogen-bond donors (Lipinski definition) is 1. The molecule has 1 aromatic heterocycles. The second-order valence-electron chi connectivity index (χ2n) is 5.54. The second-order valence-corrected chi connectivity index (χ2v) is 5.92. The Bertz CT molecular complexity index is 509. The lowest BCUT2D eigenvalue weighted by Crippen LogP contribution is -2.43. The van der Waals surface area contributed by atoms with Crippen LogP contribution >= 0.6 is 11.6 Å². The van der Waals surface area contributed by atoms with Crippen molar-refractivity contribution in [2.24, 2.45) is 0 Å². The Kier molecular flexibility index (Phi) is 6.06. The van der Waals surface area contributed by atoms with Crippen LogP contribution in [-0.2, 0) is 6.54 Å². The van der Waals surface area contributed by atoms with Gasteiger partial charge in [0.15, 0.2) is 0 Å². The first-order valence-electron chi connectivity index (χ1n) is 7.91. The van der Waals surface area contributed by atoms with Gasteiger partial charge in [0.05, 0.1) is 11.9 Å². The third-order valence-corrected chi connectivity index (χ3v) is 4.37. The molecule has 6 heteroatoms. The van der Waals surface area contributed by atoms with E-state index in [1.165, 1.54) is 4.68 Å². The van der Waals surface area contributed by atoms with Crippen molar-refractivity contribution in [3.8, 4) is 0 Å². The van der Waals surface area contributed by atoms with Gasteiger partial charge in [0, 0.05) is 25.7 Å². The van der Waals surface area contributed by atoms with Crippen molar-refractivity contribution < 1.29 is 0 Å². The van der Waals surface area contributed by atoms with Gasteiger partial charge in [-0.05, 0) is 25.8 Å². The molecule has 0 spiro atoms. The molecule has 21 heavy (non-hydrogen) atoms. The molecule has 0 atom stereocenters. The van der Waals surface area contributed by atoms with Crippen LogP contribution < -0.4 is 15.8 Å². The number of aryl methyl sites for hydroxylation is 1. The number of unbranched alkanes of at least 4 members (excludes halogenated alkanes) is 1. The van der Waals surface area contributed by atoms with E-state index < -0.39 is 0 Å². The third kappa shape index (κ3) is 3.98. The molecule has 0 unspecified atom stereocenters. The van der Waals surface area contributed by atoms with Crippen LogP contribution in [0.1, 0.15) is 39.5 Å². The third-order valence-electron chi connectivity index (χ3n) is 4.02. The number of piperidine rings is 1. The Morgan fingerprint density at radius 3 is 2.71 bits per heavy atom. The van der Waals surface area contributed by atoms with Gasteiger partial charge in [-0.15, -0.1) is 0 Å². The fraction of sp³-hybridized carbons (Fsp3) is 0.733. The summed E-state index contributed by atoms with van der Waals surface area (Å²) in [7, 11) is 0. The highest BCUT2D eigenvalue weighted by Gasteiger charge is 2.22. The van der Waals surface area contributed by atoms with E-state index in [0.29, 0.717) is 17.6 Å². The standard InChI is InChI=1S/C15H25ClN4O/c1-3-5-8-20-15(21)14(16)13(11-18-20)19-9-6-12(7-10-19)17-4-2/h11-12,17H,3-10H2,1-2H3. The molecule has 1 saturated heterocycles. The van der Waals surface area contributed by atoms with E-state index in [0.717, 1.165) is 51.0 Å². The highest BCUT2D eigenvalue weighted by Crippen LogP contribution is 2.24. The minimum absolute atomic E-state index is 0.170. The van der Waals surface area contributed by atoms with Crippen molar-refractivity contribution in [2.45, 2.75) is 52.1 Å². The van der Waals surface area contributed by atoms with Gasteiger partial charge < -0.3 is 10.2 Å². The summed E-state index contributed by atoms with van der Waals surface area (Å²) in [5.41, 5.74) is 0.612. The summed E-state index contributed by atoms with van der Waals surface area (Å²) in [5, 5.41) is 8.05. The van der Waals surface area contributed by atoms with Gasteiger partial charge in [0.2, 0.25) is 0 Å². The van der Waals surface area contributed by atoms with Gasteiger partial charge in [-0.2, -0.15) is 5.10 Å². The van der Waals surface area contributed by atoms with E-state index in [4.69, 9.17) is 11.6 Å². The average Bonchev–Trinajstić information content (AvgIpc) is 2.50. The lowest BCUT2D eigenvalue weighted by Gasteiger charge is -2.34. The Morgan fingerprint density at radius 2 is 2.10 bits per heavy atom. The van der Waals surface area contributed by atoms with E-state index in [2.05, 4.69) is 29.2 Å². The zero-order chi connectivity index (χ0) is 15.2. The predicted molar refractivity (Wildman–Crippen MR) is 87.3 cm³/mol. The quantitative estimate of drug-likeness (QED) is 0.875. The second kappa shape index (κ2) is 7.80. The molecule has 2 rings (SSSR count). The highest BCUT2D eigenvalue weighted by atomic mass is 35.5. The molecule has 0 radical (unpaired) electrons. The zero-order valence-electron chi connectivity index (χ0n) is 12.9. The van der Waals surface area contributed by atoms with Crippen LogP contribution in [0.15, 0.2) is 11.0 Å². The molecular weight excluding hydrogens is 288 g/mol. The summed E-state index contributed by atoms with van der Waals surface area (Å²) < 4.78 is 1.47. The van der Waals surface area contributed by atoms with Crippen molar-refractivity contribution in [3.63, 3.8) is 0 Å². The van der Waals surface area contributed by atoms with Gasteiger partial charge in [0.25, 0.3) is 5.56 Å². The van der Waals surface area contributed by atoms with Crippen LogP contribution in [0.25, 0.3) is 0 Å².